The normalized spacial score (nSPS) is 10.9. The minimum atomic E-state index is -1.82. The van der Waals surface area contributed by atoms with Crippen molar-refractivity contribution in [1.29, 1.82) is 0 Å². The van der Waals surface area contributed by atoms with Crippen LogP contribution < -0.4 is 0 Å². The number of hydrogen-bond donors (Lipinski definition) is 2. The molecule has 0 unspecified atom stereocenters. The Morgan fingerprint density at radius 3 is 1.00 bits per heavy atom. The first-order valence-corrected chi connectivity index (χ1v) is 7.11. The molecule has 2 N–H and O–H groups in total. The van der Waals surface area contributed by atoms with E-state index >= 15 is 0 Å². The number of rotatable bonds is 0. The molecule has 0 rings (SSSR count). The zero-order valence-electron chi connectivity index (χ0n) is 7.21. The van der Waals surface area contributed by atoms with Gasteiger partial charge in [-0.25, -0.2) is 9.59 Å². The van der Waals surface area contributed by atoms with E-state index in [2.05, 4.69) is 26.7 Å². The zero-order chi connectivity index (χ0) is 9.65. The van der Waals surface area contributed by atoms with Crippen LogP contribution in [-0.2, 0) is 9.59 Å². The third-order valence-corrected chi connectivity index (χ3v) is 0.183. The van der Waals surface area contributed by atoms with Crippen LogP contribution in [0, 0.1) is 0 Å². The van der Waals surface area contributed by atoms with E-state index in [0.717, 1.165) is 0 Å². The van der Waals surface area contributed by atoms with E-state index < -0.39 is 19.2 Å². The molecule has 0 spiro atoms. The van der Waals surface area contributed by atoms with Gasteiger partial charge in [0.1, 0.15) is 0 Å². The van der Waals surface area contributed by atoms with Gasteiger partial charge in [0, 0.05) is 0 Å². The third-order valence-electron chi connectivity index (χ3n) is 0.183. The summed E-state index contributed by atoms with van der Waals surface area (Å²) >= 11 is 0. The number of aliphatic carboxylic acids is 2. The van der Waals surface area contributed by atoms with E-state index in [-0.39, 0.29) is 0 Å². The van der Waals surface area contributed by atoms with Crippen LogP contribution in [0.2, 0.25) is 0 Å². The van der Waals surface area contributed by atoms with Crippen molar-refractivity contribution in [2.24, 2.45) is 0 Å². The van der Waals surface area contributed by atoms with E-state index in [1.165, 1.54) is 0 Å². The van der Waals surface area contributed by atoms with E-state index in [1.54, 1.807) is 0 Å². The van der Waals surface area contributed by atoms with E-state index in [0.29, 0.717) is 0 Å². The first kappa shape index (κ1) is 13.0. The van der Waals surface area contributed by atoms with Gasteiger partial charge in [0.05, 0.1) is 0 Å². The standard InChI is InChI=1S/C4H13P.C2H2O4/c1-5(2,3)4;3-1(4)2(5)6/h5H,1-4H3;(H,3,4)(H,5,6). The van der Waals surface area contributed by atoms with Gasteiger partial charge in [-0.2, -0.15) is 0 Å². The fourth-order valence-electron chi connectivity index (χ4n) is 0. The minimum Gasteiger partial charge on any atom is -0.473 e. The second-order valence-corrected chi connectivity index (χ2v) is 9.61. The Balaban J connectivity index is 0. The fraction of sp³-hybridized carbons (Fsp3) is 0.667. The molecule has 0 aromatic heterocycles. The zero-order valence-corrected chi connectivity index (χ0v) is 8.21. The molecule has 0 aliphatic carbocycles. The van der Waals surface area contributed by atoms with Crippen LogP contribution in [0.1, 0.15) is 0 Å². The molecular formula is C6H15O4P. The van der Waals surface area contributed by atoms with Crippen molar-refractivity contribution in [2.45, 2.75) is 0 Å². The second-order valence-electron chi connectivity index (χ2n) is 3.61. The van der Waals surface area contributed by atoms with Crippen molar-refractivity contribution in [3.8, 4) is 0 Å². The number of carboxylic acid groups (broad SMARTS) is 2. The smallest absolute Gasteiger partial charge is 0.414 e. The van der Waals surface area contributed by atoms with Crippen LogP contribution in [0.5, 0.6) is 0 Å². The van der Waals surface area contributed by atoms with Gasteiger partial charge in [0.15, 0.2) is 0 Å². The predicted molar refractivity (Wildman–Crippen MR) is 47.3 cm³/mol. The van der Waals surface area contributed by atoms with Gasteiger partial charge in [-0.1, -0.05) is 0 Å². The number of hydrogen-bond acceptors (Lipinski definition) is 2. The van der Waals surface area contributed by atoms with Gasteiger partial charge in [-0.05, 0) is 0 Å². The molecule has 0 radical (unpaired) electrons. The first-order chi connectivity index (χ1) is 4.64. The number of carboxylic acids is 2. The van der Waals surface area contributed by atoms with Crippen LogP contribution in [0.25, 0.3) is 0 Å². The molecule has 0 amide bonds. The van der Waals surface area contributed by atoms with Crippen LogP contribution >= 0.6 is 7.26 Å². The molecular weight excluding hydrogens is 167 g/mol. The summed E-state index contributed by atoms with van der Waals surface area (Å²) in [5, 5.41) is 14.8. The average molecular weight is 182 g/mol. The van der Waals surface area contributed by atoms with Gasteiger partial charge >= 0.3 is 45.9 Å². The van der Waals surface area contributed by atoms with Gasteiger partial charge in [0.25, 0.3) is 0 Å². The maximum atomic E-state index is 9.10. The van der Waals surface area contributed by atoms with Crippen LogP contribution in [0.4, 0.5) is 0 Å². The summed E-state index contributed by atoms with van der Waals surface area (Å²) in [6, 6.07) is 0. The Morgan fingerprint density at radius 2 is 1.00 bits per heavy atom. The third kappa shape index (κ3) is 44.8. The molecule has 0 fully saturated rings. The molecule has 11 heavy (non-hydrogen) atoms. The Morgan fingerprint density at radius 1 is 0.909 bits per heavy atom. The van der Waals surface area contributed by atoms with Crippen LogP contribution in [0.3, 0.4) is 0 Å². The van der Waals surface area contributed by atoms with Gasteiger partial charge in [0.2, 0.25) is 0 Å². The molecule has 0 bridgehead atoms. The van der Waals surface area contributed by atoms with E-state index in [9.17, 15) is 0 Å². The summed E-state index contributed by atoms with van der Waals surface area (Å²) in [4.78, 5) is 18.2. The minimum absolute atomic E-state index is 0.611. The molecule has 0 aromatic rings. The second kappa shape index (κ2) is 5.08. The van der Waals surface area contributed by atoms with Crippen molar-refractivity contribution < 1.29 is 19.8 Å². The maximum Gasteiger partial charge on any atom is 0.414 e. The van der Waals surface area contributed by atoms with Gasteiger partial charge < -0.3 is 10.2 Å². The molecule has 0 heterocycles. The Hall–Kier alpha value is -0.630. The number of carbonyl (C=O) groups is 2. The van der Waals surface area contributed by atoms with Crippen molar-refractivity contribution in [1.82, 2.24) is 0 Å². The quantitative estimate of drug-likeness (QED) is 0.420. The Labute approximate surface area is 66.6 Å². The summed E-state index contributed by atoms with van der Waals surface area (Å²) in [7, 11) is -0.611. The molecule has 0 saturated carbocycles. The topological polar surface area (TPSA) is 74.6 Å². The molecule has 5 heteroatoms. The SMILES string of the molecule is C[PH](C)(C)C.O=C(O)C(=O)O. The van der Waals surface area contributed by atoms with Crippen molar-refractivity contribution in [2.75, 3.05) is 26.7 Å². The first-order valence-electron chi connectivity index (χ1n) is 3.11. The summed E-state index contributed by atoms with van der Waals surface area (Å²) in [5.74, 6) is -3.65. The molecule has 0 aliphatic heterocycles. The molecule has 68 valence electrons. The molecule has 0 aliphatic rings. The van der Waals surface area contributed by atoms with Crippen LogP contribution in [-0.4, -0.2) is 48.8 Å². The average Bonchev–Trinajstić information content (AvgIpc) is 1.59. The van der Waals surface area contributed by atoms with Crippen molar-refractivity contribution in [3.63, 3.8) is 0 Å². The molecule has 0 aromatic carbocycles. The van der Waals surface area contributed by atoms with E-state index in [1.807, 2.05) is 0 Å². The fourth-order valence-corrected chi connectivity index (χ4v) is 0. The van der Waals surface area contributed by atoms with E-state index in [4.69, 9.17) is 19.8 Å². The summed E-state index contributed by atoms with van der Waals surface area (Å²) < 4.78 is 0. The largest absolute Gasteiger partial charge is 0.473 e. The predicted octanol–water partition coefficient (Wildman–Crippen LogP) is 0.411. The molecule has 0 atom stereocenters. The Bertz CT molecular complexity index is 129. The summed E-state index contributed by atoms with van der Waals surface area (Å²) in [5.41, 5.74) is 0. The van der Waals surface area contributed by atoms with Gasteiger partial charge in [-0.3, -0.25) is 0 Å². The van der Waals surface area contributed by atoms with Crippen molar-refractivity contribution >= 4 is 19.2 Å². The summed E-state index contributed by atoms with van der Waals surface area (Å²) in [6.07, 6.45) is 0. The van der Waals surface area contributed by atoms with Crippen LogP contribution in [0.15, 0.2) is 0 Å². The molecule has 4 nitrogen and oxygen atoms in total. The Kier molecular flexibility index (Phi) is 6.00. The maximum absolute atomic E-state index is 9.10. The monoisotopic (exact) mass is 182 g/mol. The summed E-state index contributed by atoms with van der Waals surface area (Å²) in [6.45, 7) is 9.31. The van der Waals surface area contributed by atoms with Gasteiger partial charge in [-0.15, -0.1) is 0 Å². The van der Waals surface area contributed by atoms with Crippen molar-refractivity contribution in [3.05, 3.63) is 0 Å². The molecule has 0 saturated heterocycles.